The van der Waals surface area contributed by atoms with Crippen LogP contribution >= 0.6 is 11.6 Å². The maximum Gasteiger partial charge on any atom is 0.175 e. The van der Waals surface area contributed by atoms with Crippen molar-refractivity contribution in [3.05, 3.63) is 125 Å². The van der Waals surface area contributed by atoms with Crippen molar-refractivity contribution in [1.82, 2.24) is 9.97 Å². The van der Waals surface area contributed by atoms with E-state index in [4.69, 9.17) is 17.3 Å². The number of halogens is 2. The number of hydrogen-bond acceptors (Lipinski definition) is 2. The van der Waals surface area contributed by atoms with Crippen LogP contribution in [0, 0.1) is 5.82 Å². The molecule has 0 amide bonds. The summed E-state index contributed by atoms with van der Waals surface area (Å²) in [6.07, 6.45) is 0. The molecule has 3 aromatic carbocycles. The minimum atomic E-state index is -0.218. The molecule has 0 saturated carbocycles. The first kappa shape index (κ1) is 27.7. The summed E-state index contributed by atoms with van der Waals surface area (Å²) >= 11 is 5.81. The average molecular weight is 516 g/mol. The molecule has 0 bridgehead atoms. The topological polar surface area (TPSA) is 74.7 Å². The molecule has 0 radical (unpaired) electrons. The summed E-state index contributed by atoms with van der Waals surface area (Å²) in [7, 11) is 0. The van der Waals surface area contributed by atoms with E-state index < -0.39 is 0 Å². The van der Waals surface area contributed by atoms with Crippen LogP contribution in [0.2, 0.25) is 5.02 Å². The molecular formula is C31H31ClFN3O. The van der Waals surface area contributed by atoms with E-state index in [1.807, 2.05) is 74.5 Å². The Kier molecular flexibility index (Phi) is 9.23. The number of Topliss-reactive ketones (excluding diaryl/α,β-unsaturated/α-hetero) is 1. The predicted octanol–water partition coefficient (Wildman–Crippen LogP) is 8.63. The first-order valence-corrected chi connectivity index (χ1v) is 12.1. The van der Waals surface area contributed by atoms with Gasteiger partial charge in [-0.25, -0.2) is 4.39 Å². The van der Waals surface area contributed by atoms with Gasteiger partial charge in [0.25, 0.3) is 0 Å². The molecule has 5 rings (SSSR count). The molecule has 5 aromatic rings. The molecular weight excluding hydrogens is 485 g/mol. The number of para-hydroxylation sites is 1. The molecule has 6 heteroatoms. The highest BCUT2D eigenvalue weighted by Crippen LogP contribution is 2.22. The van der Waals surface area contributed by atoms with Crippen LogP contribution in [0.1, 0.15) is 48.6 Å². The molecule has 0 aliphatic heterocycles. The largest absolute Gasteiger partial charge is 0.352 e. The van der Waals surface area contributed by atoms with E-state index in [1.165, 1.54) is 13.0 Å². The average Bonchev–Trinajstić information content (AvgIpc) is 3.50. The lowest BCUT2D eigenvalue weighted by Crippen LogP contribution is -2.10. The number of aromatic nitrogens is 2. The molecule has 37 heavy (non-hydrogen) atoms. The van der Waals surface area contributed by atoms with Gasteiger partial charge < -0.3 is 15.7 Å². The van der Waals surface area contributed by atoms with Gasteiger partial charge in [0.2, 0.25) is 0 Å². The first-order valence-electron chi connectivity index (χ1n) is 11.7. The number of hydrogen-bond donors (Lipinski definition) is 3. The third-order valence-electron chi connectivity index (χ3n) is 5.72. The number of H-pyrrole nitrogens is 2. The van der Waals surface area contributed by atoms with E-state index in [0.717, 1.165) is 38.7 Å². The van der Waals surface area contributed by atoms with Gasteiger partial charge in [0, 0.05) is 33.9 Å². The van der Waals surface area contributed by atoms with Gasteiger partial charge >= 0.3 is 0 Å². The molecule has 0 aliphatic rings. The SMILES string of the molecule is C=C(C)[C@H](N)c1ccccc1.C=C(C)c1cc2cccc(F)c2[nH]1.CC(=O)c1cc2cc(Cl)ccc2[nH]1. The lowest BCUT2D eigenvalue weighted by Gasteiger charge is -2.10. The summed E-state index contributed by atoms with van der Waals surface area (Å²) in [5.41, 5.74) is 11.9. The number of aromatic amines is 2. The van der Waals surface area contributed by atoms with Crippen LogP contribution < -0.4 is 5.73 Å². The summed E-state index contributed by atoms with van der Waals surface area (Å²) in [5, 5.41) is 2.54. The highest BCUT2D eigenvalue weighted by molar-refractivity contribution is 6.31. The van der Waals surface area contributed by atoms with Gasteiger partial charge in [-0.2, -0.15) is 0 Å². The first-order chi connectivity index (χ1) is 17.6. The van der Waals surface area contributed by atoms with Crippen molar-refractivity contribution < 1.29 is 9.18 Å². The van der Waals surface area contributed by atoms with Crippen LogP contribution in [0.3, 0.4) is 0 Å². The fourth-order valence-electron chi connectivity index (χ4n) is 3.59. The number of nitrogens with two attached hydrogens (primary N) is 1. The predicted molar refractivity (Wildman–Crippen MR) is 154 cm³/mol. The number of carbonyl (C=O) groups is 1. The molecule has 4 N–H and O–H groups in total. The maximum absolute atomic E-state index is 13.2. The van der Waals surface area contributed by atoms with Gasteiger partial charge in [-0.3, -0.25) is 4.79 Å². The second-order valence-electron chi connectivity index (χ2n) is 8.87. The zero-order valence-corrected chi connectivity index (χ0v) is 22.0. The van der Waals surface area contributed by atoms with Gasteiger partial charge in [0.1, 0.15) is 5.82 Å². The minimum Gasteiger partial charge on any atom is -0.352 e. The molecule has 190 valence electrons. The molecule has 0 fully saturated rings. The Bertz CT molecular complexity index is 1550. The monoisotopic (exact) mass is 515 g/mol. The quantitative estimate of drug-likeness (QED) is 0.165. The van der Waals surface area contributed by atoms with Crippen molar-refractivity contribution in [2.45, 2.75) is 26.8 Å². The third kappa shape index (κ3) is 7.29. The zero-order chi connectivity index (χ0) is 27.1. The Balaban J connectivity index is 0.000000155. The number of benzene rings is 3. The normalized spacial score (nSPS) is 11.2. The summed E-state index contributed by atoms with van der Waals surface area (Å²) < 4.78 is 13.2. The van der Waals surface area contributed by atoms with Crippen molar-refractivity contribution >= 4 is 44.8 Å². The number of fused-ring (bicyclic) bond motifs is 2. The maximum atomic E-state index is 13.2. The molecule has 0 spiro atoms. The van der Waals surface area contributed by atoms with E-state index in [2.05, 4.69) is 23.1 Å². The highest BCUT2D eigenvalue weighted by Gasteiger charge is 2.06. The van der Waals surface area contributed by atoms with E-state index in [-0.39, 0.29) is 17.6 Å². The van der Waals surface area contributed by atoms with Gasteiger partial charge in [-0.15, -0.1) is 0 Å². The van der Waals surface area contributed by atoms with Gasteiger partial charge in [-0.1, -0.05) is 72.8 Å². The molecule has 0 saturated heterocycles. The molecule has 0 aliphatic carbocycles. The Morgan fingerprint density at radius 2 is 1.54 bits per heavy atom. The van der Waals surface area contributed by atoms with E-state index >= 15 is 0 Å². The Hall–Kier alpha value is -3.93. The van der Waals surface area contributed by atoms with Crippen LogP contribution in [0.5, 0.6) is 0 Å². The van der Waals surface area contributed by atoms with E-state index in [0.29, 0.717) is 16.2 Å². The van der Waals surface area contributed by atoms with Crippen LogP contribution in [0.4, 0.5) is 4.39 Å². The van der Waals surface area contributed by atoms with Gasteiger partial charge in [-0.05, 0) is 61.4 Å². The van der Waals surface area contributed by atoms with Crippen molar-refractivity contribution in [3.8, 4) is 0 Å². The van der Waals surface area contributed by atoms with Crippen molar-refractivity contribution in [2.24, 2.45) is 5.73 Å². The molecule has 2 heterocycles. The fraction of sp³-hybridized carbons (Fsp3) is 0.129. The number of ketones is 1. The highest BCUT2D eigenvalue weighted by atomic mass is 35.5. The zero-order valence-electron chi connectivity index (χ0n) is 21.2. The standard InChI is InChI=1S/C11H10FN.C10H8ClNO.C10H13N/c1-7(2)10-6-8-4-3-5-9(12)11(8)13-10;1-6(13)10-5-7-4-8(11)2-3-9(7)12-10;1-8(2)10(11)9-6-4-3-5-7-9/h3-6,13H,1H2,2H3;2-5,12H,1H3;3-7,10H,1,11H2,2H3/t;;10-/m..0/s1. The number of allylic oxidation sites excluding steroid dienone is 1. The Morgan fingerprint density at radius 1 is 0.865 bits per heavy atom. The Labute approximate surface area is 221 Å². The van der Waals surface area contributed by atoms with Crippen LogP contribution in [-0.4, -0.2) is 15.8 Å². The minimum absolute atomic E-state index is 0.0174. The summed E-state index contributed by atoms with van der Waals surface area (Å²) in [4.78, 5) is 17.0. The number of nitrogens with one attached hydrogen (secondary N) is 2. The lowest BCUT2D eigenvalue weighted by atomic mass is 10.0. The van der Waals surface area contributed by atoms with Crippen LogP contribution in [0.25, 0.3) is 27.4 Å². The van der Waals surface area contributed by atoms with Crippen molar-refractivity contribution in [1.29, 1.82) is 0 Å². The molecule has 0 unspecified atom stereocenters. The second-order valence-corrected chi connectivity index (χ2v) is 9.31. The Morgan fingerprint density at radius 3 is 2.14 bits per heavy atom. The number of rotatable bonds is 4. The van der Waals surface area contributed by atoms with Crippen molar-refractivity contribution in [3.63, 3.8) is 0 Å². The van der Waals surface area contributed by atoms with Gasteiger partial charge in [0.05, 0.1) is 17.3 Å². The summed E-state index contributed by atoms with van der Waals surface area (Å²) in [6, 6.07) is 24.2. The summed E-state index contributed by atoms with van der Waals surface area (Å²) in [5.74, 6) is -0.183. The smallest absolute Gasteiger partial charge is 0.175 e. The van der Waals surface area contributed by atoms with Gasteiger partial charge in [0.15, 0.2) is 5.78 Å². The van der Waals surface area contributed by atoms with E-state index in [9.17, 15) is 9.18 Å². The third-order valence-corrected chi connectivity index (χ3v) is 5.95. The lowest BCUT2D eigenvalue weighted by molar-refractivity contribution is 0.101. The fourth-order valence-corrected chi connectivity index (χ4v) is 3.77. The molecule has 2 aromatic heterocycles. The summed E-state index contributed by atoms with van der Waals surface area (Å²) in [6.45, 7) is 13.0. The molecule has 1 atom stereocenters. The van der Waals surface area contributed by atoms with Crippen molar-refractivity contribution in [2.75, 3.05) is 0 Å². The van der Waals surface area contributed by atoms with Crippen LogP contribution in [0.15, 0.2) is 97.6 Å². The second kappa shape index (κ2) is 12.3. The number of carbonyl (C=O) groups excluding carboxylic acids is 1. The van der Waals surface area contributed by atoms with E-state index in [1.54, 1.807) is 12.1 Å². The molecule has 4 nitrogen and oxygen atoms in total. The van der Waals surface area contributed by atoms with Crippen LogP contribution in [-0.2, 0) is 0 Å².